The second-order valence-electron chi connectivity index (χ2n) is 6.98. The number of para-hydroxylation sites is 2. The lowest BCUT2D eigenvalue weighted by Crippen LogP contribution is -2.29. The van der Waals surface area contributed by atoms with Crippen LogP contribution in [0, 0.1) is 0 Å². The molecule has 1 N–H and O–H groups in total. The second-order valence-corrected chi connectivity index (χ2v) is 6.98. The third kappa shape index (κ3) is 3.53. The Hall–Kier alpha value is -4.06. The van der Waals surface area contributed by atoms with Gasteiger partial charge in [-0.05, 0) is 29.8 Å². The average Bonchev–Trinajstić information content (AvgIpc) is 3.09. The summed E-state index contributed by atoms with van der Waals surface area (Å²) in [6, 6.07) is 22.0. The molecular formula is C25H21NO5. The van der Waals surface area contributed by atoms with Crippen molar-refractivity contribution in [1.29, 1.82) is 0 Å². The first-order valence-electron chi connectivity index (χ1n) is 9.70. The number of ketones is 1. The molecule has 3 aromatic rings. The summed E-state index contributed by atoms with van der Waals surface area (Å²) in [6.45, 7) is 0. The van der Waals surface area contributed by atoms with E-state index in [1.54, 1.807) is 48.5 Å². The van der Waals surface area contributed by atoms with E-state index < -0.39 is 17.7 Å². The Balaban J connectivity index is 1.96. The number of benzene rings is 3. The number of aliphatic hydroxyl groups excluding tert-OH is 1. The predicted molar refractivity (Wildman–Crippen MR) is 117 cm³/mol. The summed E-state index contributed by atoms with van der Waals surface area (Å²) in [6.07, 6.45) is 0. The van der Waals surface area contributed by atoms with E-state index in [-0.39, 0.29) is 11.3 Å². The Morgan fingerprint density at radius 2 is 1.58 bits per heavy atom. The summed E-state index contributed by atoms with van der Waals surface area (Å²) in [5, 5.41) is 11.1. The van der Waals surface area contributed by atoms with E-state index in [4.69, 9.17) is 9.47 Å². The Morgan fingerprint density at radius 1 is 0.871 bits per heavy atom. The number of aliphatic hydroxyl groups is 1. The van der Waals surface area contributed by atoms with Crippen LogP contribution in [0.2, 0.25) is 0 Å². The minimum Gasteiger partial charge on any atom is -0.507 e. The van der Waals surface area contributed by atoms with Gasteiger partial charge in [-0.3, -0.25) is 14.5 Å². The largest absolute Gasteiger partial charge is 0.507 e. The Labute approximate surface area is 180 Å². The van der Waals surface area contributed by atoms with Gasteiger partial charge in [-0.1, -0.05) is 54.6 Å². The van der Waals surface area contributed by atoms with Gasteiger partial charge < -0.3 is 14.6 Å². The molecule has 0 spiro atoms. The van der Waals surface area contributed by atoms with Crippen LogP contribution in [0.3, 0.4) is 0 Å². The Morgan fingerprint density at radius 3 is 2.29 bits per heavy atom. The molecule has 4 rings (SSSR count). The summed E-state index contributed by atoms with van der Waals surface area (Å²) in [4.78, 5) is 27.7. The van der Waals surface area contributed by atoms with Crippen LogP contribution in [0.1, 0.15) is 17.2 Å². The molecule has 0 radical (unpaired) electrons. The van der Waals surface area contributed by atoms with Gasteiger partial charge in [-0.15, -0.1) is 0 Å². The maximum absolute atomic E-state index is 13.2. The number of ether oxygens (including phenoxy) is 2. The van der Waals surface area contributed by atoms with Crippen molar-refractivity contribution in [3.63, 3.8) is 0 Å². The fourth-order valence-corrected chi connectivity index (χ4v) is 3.79. The lowest BCUT2D eigenvalue weighted by molar-refractivity contribution is -0.132. The first-order chi connectivity index (χ1) is 15.1. The summed E-state index contributed by atoms with van der Waals surface area (Å²) < 4.78 is 10.7. The molecule has 156 valence electrons. The smallest absolute Gasteiger partial charge is 0.300 e. The molecule has 1 fully saturated rings. The Kier molecular flexibility index (Phi) is 5.45. The second kappa shape index (κ2) is 8.36. The summed E-state index contributed by atoms with van der Waals surface area (Å²) in [5.74, 6) is -0.780. The topological polar surface area (TPSA) is 76.1 Å². The van der Waals surface area contributed by atoms with Crippen LogP contribution in [0.25, 0.3) is 5.76 Å². The van der Waals surface area contributed by atoms with Gasteiger partial charge in [0.25, 0.3) is 11.7 Å². The highest BCUT2D eigenvalue weighted by Crippen LogP contribution is 2.44. The number of methoxy groups -OCH3 is 2. The number of hydrogen-bond donors (Lipinski definition) is 1. The molecule has 6 nitrogen and oxygen atoms in total. The zero-order valence-electron chi connectivity index (χ0n) is 17.1. The molecule has 0 aliphatic carbocycles. The minimum atomic E-state index is -0.816. The van der Waals surface area contributed by atoms with Crippen molar-refractivity contribution in [2.45, 2.75) is 6.04 Å². The van der Waals surface area contributed by atoms with E-state index in [9.17, 15) is 14.7 Å². The van der Waals surface area contributed by atoms with Gasteiger partial charge in [-0.2, -0.15) is 0 Å². The zero-order valence-corrected chi connectivity index (χ0v) is 17.1. The van der Waals surface area contributed by atoms with Gasteiger partial charge in [0.1, 0.15) is 17.3 Å². The van der Waals surface area contributed by atoms with Crippen LogP contribution in [0.15, 0.2) is 84.4 Å². The monoisotopic (exact) mass is 415 g/mol. The van der Waals surface area contributed by atoms with Gasteiger partial charge in [0, 0.05) is 5.56 Å². The molecule has 1 unspecified atom stereocenters. The highest BCUT2D eigenvalue weighted by molar-refractivity contribution is 6.51. The number of Topliss-reactive ketones (excluding diaryl/α,β-unsaturated/α-hetero) is 1. The van der Waals surface area contributed by atoms with Crippen molar-refractivity contribution in [2.75, 3.05) is 19.1 Å². The van der Waals surface area contributed by atoms with E-state index in [1.165, 1.54) is 19.1 Å². The first-order valence-corrected chi connectivity index (χ1v) is 9.70. The molecular weight excluding hydrogens is 394 g/mol. The van der Waals surface area contributed by atoms with Crippen molar-refractivity contribution in [1.82, 2.24) is 0 Å². The molecule has 6 heteroatoms. The number of carbonyl (C=O) groups is 2. The number of nitrogens with zero attached hydrogens (tertiary/aromatic N) is 1. The number of rotatable bonds is 5. The standard InChI is InChI=1S/C25H21NO5/c1-30-18-12-8-11-17(15-18)23(27)21-22(16-9-4-3-5-10-16)26(25(29)24(21)28)19-13-6-7-14-20(19)31-2/h3-15,22,27H,1-2H3/b23-21-. The molecule has 0 bridgehead atoms. The SMILES string of the molecule is COc1cccc(/C(O)=C2/C(=O)C(=O)N(c3ccccc3OC)C2c2ccccc2)c1. The third-order valence-electron chi connectivity index (χ3n) is 5.25. The molecule has 3 aromatic carbocycles. The van der Waals surface area contributed by atoms with E-state index in [0.717, 1.165) is 0 Å². The lowest BCUT2D eigenvalue weighted by atomic mass is 9.95. The van der Waals surface area contributed by atoms with Crippen LogP contribution in [0.5, 0.6) is 11.5 Å². The fraction of sp³-hybridized carbons (Fsp3) is 0.120. The number of amides is 1. The molecule has 31 heavy (non-hydrogen) atoms. The van der Waals surface area contributed by atoms with Crippen molar-refractivity contribution in [3.05, 3.63) is 95.6 Å². The van der Waals surface area contributed by atoms with Gasteiger partial charge in [0.15, 0.2) is 0 Å². The normalized spacial score (nSPS) is 17.6. The molecule has 0 aromatic heterocycles. The van der Waals surface area contributed by atoms with Gasteiger partial charge in [0.2, 0.25) is 0 Å². The number of hydrogen-bond acceptors (Lipinski definition) is 5. The predicted octanol–water partition coefficient (Wildman–Crippen LogP) is 4.33. The molecule has 1 aliphatic rings. The average molecular weight is 415 g/mol. The molecule has 1 heterocycles. The minimum absolute atomic E-state index is 0.00959. The van der Waals surface area contributed by atoms with Crippen LogP contribution in [0.4, 0.5) is 5.69 Å². The molecule has 1 atom stereocenters. The quantitative estimate of drug-likeness (QED) is 0.381. The maximum Gasteiger partial charge on any atom is 0.300 e. The number of carbonyl (C=O) groups excluding carboxylic acids is 2. The van der Waals surface area contributed by atoms with Crippen molar-refractivity contribution in [2.24, 2.45) is 0 Å². The third-order valence-corrected chi connectivity index (χ3v) is 5.25. The fourth-order valence-electron chi connectivity index (χ4n) is 3.79. The summed E-state index contributed by atoms with van der Waals surface area (Å²) in [7, 11) is 3.02. The van der Waals surface area contributed by atoms with Crippen LogP contribution in [-0.2, 0) is 9.59 Å². The van der Waals surface area contributed by atoms with Crippen LogP contribution >= 0.6 is 0 Å². The van der Waals surface area contributed by atoms with Crippen LogP contribution in [-0.4, -0.2) is 31.0 Å². The highest BCUT2D eigenvalue weighted by Gasteiger charge is 2.47. The summed E-state index contributed by atoms with van der Waals surface area (Å²) in [5.41, 5.74) is 1.54. The van der Waals surface area contributed by atoms with E-state index in [1.807, 2.05) is 30.3 Å². The van der Waals surface area contributed by atoms with E-state index in [2.05, 4.69) is 0 Å². The first kappa shape index (κ1) is 20.2. The molecule has 1 aliphatic heterocycles. The van der Waals surface area contributed by atoms with Gasteiger partial charge >= 0.3 is 0 Å². The van der Waals surface area contributed by atoms with Crippen molar-refractivity contribution in [3.8, 4) is 11.5 Å². The van der Waals surface area contributed by atoms with Crippen LogP contribution < -0.4 is 14.4 Å². The van der Waals surface area contributed by atoms with E-state index in [0.29, 0.717) is 28.3 Å². The van der Waals surface area contributed by atoms with Gasteiger partial charge in [0.05, 0.1) is 31.5 Å². The van der Waals surface area contributed by atoms with E-state index >= 15 is 0 Å². The molecule has 0 saturated carbocycles. The Bertz CT molecular complexity index is 1170. The van der Waals surface area contributed by atoms with Crippen molar-refractivity contribution < 1.29 is 24.2 Å². The summed E-state index contributed by atoms with van der Waals surface area (Å²) >= 11 is 0. The zero-order chi connectivity index (χ0) is 22.0. The van der Waals surface area contributed by atoms with Crippen molar-refractivity contribution >= 4 is 23.1 Å². The molecule has 1 amide bonds. The van der Waals surface area contributed by atoms with Gasteiger partial charge in [-0.25, -0.2) is 0 Å². The highest BCUT2D eigenvalue weighted by atomic mass is 16.5. The number of anilines is 1. The maximum atomic E-state index is 13.2. The molecule has 1 saturated heterocycles. The lowest BCUT2D eigenvalue weighted by Gasteiger charge is -2.26.